The molecule has 0 fully saturated rings. The fourth-order valence-corrected chi connectivity index (χ4v) is 6.39. The standard InChI is InChI=1S/C13H9Cl5N2O4S3/c1-26(21,22)20-11-8(16)9(17)13(27(19,23)24)10(18)12(11)25-7-3-2-5(14)4-6(7)15/h2-4,20H,1H3,(H2,19,23,24). The van der Waals surface area contributed by atoms with E-state index >= 15 is 0 Å². The molecule has 0 saturated heterocycles. The molecular formula is C13H9Cl5N2O4S3. The molecule has 0 saturated carbocycles. The van der Waals surface area contributed by atoms with Crippen LogP contribution < -0.4 is 9.86 Å². The van der Waals surface area contributed by atoms with E-state index in [2.05, 4.69) is 4.72 Å². The fraction of sp³-hybridized carbons (Fsp3) is 0.0769. The van der Waals surface area contributed by atoms with Gasteiger partial charge in [0.05, 0.1) is 36.9 Å². The second-order valence-corrected chi connectivity index (χ2v) is 11.3. The third kappa shape index (κ3) is 5.49. The highest BCUT2D eigenvalue weighted by Crippen LogP contribution is 2.50. The lowest BCUT2D eigenvalue weighted by Gasteiger charge is -2.18. The van der Waals surface area contributed by atoms with Crippen LogP contribution in [0.4, 0.5) is 5.69 Å². The molecule has 3 N–H and O–H groups in total. The molecule has 0 radical (unpaired) electrons. The lowest BCUT2D eigenvalue weighted by molar-refractivity contribution is 0.597. The zero-order valence-electron chi connectivity index (χ0n) is 13.1. The molecule has 148 valence electrons. The van der Waals surface area contributed by atoms with Crippen LogP contribution in [0.25, 0.3) is 0 Å². The van der Waals surface area contributed by atoms with Gasteiger partial charge in [0.2, 0.25) is 20.0 Å². The van der Waals surface area contributed by atoms with Crippen molar-refractivity contribution in [3.8, 4) is 0 Å². The first-order valence-corrected chi connectivity index (χ1v) is 12.7. The normalized spacial score (nSPS) is 12.3. The first-order valence-electron chi connectivity index (χ1n) is 6.56. The Kier molecular flexibility index (Phi) is 7.15. The summed E-state index contributed by atoms with van der Waals surface area (Å²) in [6.07, 6.45) is 0.877. The van der Waals surface area contributed by atoms with Crippen molar-refractivity contribution in [2.75, 3.05) is 11.0 Å². The number of sulfonamides is 2. The predicted molar refractivity (Wildman–Crippen MR) is 112 cm³/mol. The number of halogens is 5. The summed E-state index contributed by atoms with van der Waals surface area (Å²) in [5.74, 6) is 0. The molecule has 0 spiro atoms. The fourth-order valence-electron chi connectivity index (χ4n) is 1.91. The van der Waals surface area contributed by atoms with Crippen molar-refractivity contribution in [2.24, 2.45) is 5.14 Å². The number of hydrogen-bond donors (Lipinski definition) is 2. The Balaban J connectivity index is 2.84. The SMILES string of the molecule is CS(=O)(=O)Nc1c(Cl)c(Cl)c(S(N)(=O)=O)c(Cl)c1Sc1ccc(Cl)cc1Cl. The zero-order valence-corrected chi connectivity index (χ0v) is 19.3. The quantitative estimate of drug-likeness (QED) is 0.522. The van der Waals surface area contributed by atoms with Crippen LogP contribution >= 0.6 is 69.8 Å². The Morgan fingerprint density at radius 3 is 2.04 bits per heavy atom. The number of rotatable bonds is 5. The molecule has 27 heavy (non-hydrogen) atoms. The van der Waals surface area contributed by atoms with Crippen LogP contribution in [0.1, 0.15) is 0 Å². The molecule has 2 aromatic carbocycles. The van der Waals surface area contributed by atoms with E-state index in [1.807, 2.05) is 0 Å². The number of nitrogens with two attached hydrogens (primary N) is 1. The molecule has 0 bridgehead atoms. The van der Waals surface area contributed by atoms with E-state index in [0.717, 1.165) is 18.0 Å². The molecule has 14 heteroatoms. The summed E-state index contributed by atoms with van der Waals surface area (Å²) in [6, 6.07) is 4.52. The van der Waals surface area contributed by atoms with E-state index in [-0.39, 0.29) is 20.6 Å². The van der Waals surface area contributed by atoms with Gasteiger partial charge in [0.15, 0.2) is 0 Å². The summed E-state index contributed by atoms with van der Waals surface area (Å²) >= 11 is 31.1. The number of anilines is 1. The van der Waals surface area contributed by atoms with Gasteiger partial charge in [0.25, 0.3) is 0 Å². The number of benzene rings is 2. The Morgan fingerprint density at radius 1 is 0.963 bits per heavy atom. The minimum atomic E-state index is -4.37. The minimum Gasteiger partial charge on any atom is -0.281 e. The maximum Gasteiger partial charge on any atom is 0.241 e. The van der Waals surface area contributed by atoms with E-state index < -0.39 is 35.0 Å². The van der Waals surface area contributed by atoms with Crippen molar-refractivity contribution >= 4 is 95.5 Å². The van der Waals surface area contributed by atoms with Gasteiger partial charge >= 0.3 is 0 Å². The molecule has 0 aliphatic carbocycles. The van der Waals surface area contributed by atoms with Crippen molar-refractivity contribution in [3.05, 3.63) is 43.3 Å². The van der Waals surface area contributed by atoms with Crippen molar-refractivity contribution in [2.45, 2.75) is 14.7 Å². The predicted octanol–water partition coefficient (Wildman–Crippen LogP) is 5.12. The van der Waals surface area contributed by atoms with E-state index in [9.17, 15) is 16.8 Å². The maximum atomic E-state index is 11.9. The lowest BCUT2D eigenvalue weighted by Crippen LogP contribution is -2.16. The highest BCUT2D eigenvalue weighted by Gasteiger charge is 2.29. The van der Waals surface area contributed by atoms with E-state index in [4.69, 9.17) is 63.1 Å². The Bertz CT molecular complexity index is 1140. The molecule has 6 nitrogen and oxygen atoms in total. The lowest BCUT2D eigenvalue weighted by atomic mass is 10.3. The van der Waals surface area contributed by atoms with Gasteiger partial charge < -0.3 is 0 Å². The highest BCUT2D eigenvalue weighted by molar-refractivity contribution is 8.00. The van der Waals surface area contributed by atoms with Crippen LogP contribution in [-0.2, 0) is 20.0 Å². The Labute approximate surface area is 185 Å². The zero-order chi connectivity index (χ0) is 20.7. The molecule has 0 unspecified atom stereocenters. The third-order valence-corrected chi connectivity index (χ3v) is 7.88. The number of primary sulfonamides is 1. The van der Waals surface area contributed by atoms with Crippen molar-refractivity contribution in [1.29, 1.82) is 0 Å². The summed E-state index contributed by atoms with van der Waals surface area (Å²) in [4.78, 5) is -0.287. The van der Waals surface area contributed by atoms with Crippen LogP contribution in [0.3, 0.4) is 0 Å². The average Bonchev–Trinajstić information content (AvgIpc) is 2.48. The van der Waals surface area contributed by atoms with E-state index in [1.165, 1.54) is 18.2 Å². The molecule has 0 heterocycles. The van der Waals surface area contributed by atoms with E-state index in [0.29, 0.717) is 9.92 Å². The molecular weight excluding hydrogens is 522 g/mol. The van der Waals surface area contributed by atoms with Crippen LogP contribution in [0.15, 0.2) is 32.9 Å². The Morgan fingerprint density at radius 2 is 1.56 bits per heavy atom. The smallest absolute Gasteiger partial charge is 0.241 e. The molecule has 0 amide bonds. The summed E-state index contributed by atoms with van der Waals surface area (Å²) in [5, 5.41) is 4.45. The van der Waals surface area contributed by atoms with Crippen molar-refractivity contribution < 1.29 is 16.8 Å². The highest BCUT2D eigenvalue weighted by atomic mass is 35.5. The number of nitrogens with one attached hydrogen (secondary N) is 1. The first kappa shape index (κ1) is 23.2. The second-order valence-electron chi connectivity index (χ2n) is 5.07. The average molecular weight is 531 g/mol. The molecule has 0 aromatic heterocycles. The van der Waals surface area contributed by atoms with Crippen LogP contribution in [0.2, 0.25) is 25.1 Å². The summed E-state index contributed by atoms with van der Waals surface area (Å²) in [6.45, 7) is 0. The van der Waals surface area contributed by atoms with Crippen molar-refractivity contribution in [1.82, 2.24) is 0 Å². The van der Waals surface area contributed by atoms with Gasteiger partial charge in [-0.25, -0.2) is 22.0 Å². The monoisotopic (exact) mass is 528 g/mol. The van der Waals surface area contributed by atoms with Gasteiger partial charge in [0, 0.05) is 9.92 Å². The molecule has 2 aromatic rings. The van der Waals surface area contributed by atoms with Crippen LogP contribution in [0, 0.1) is 0 Å². The molecule has 0 atom stereocenters. The summed E-state index contributed by atoms with van der Waals surface area (Å²) in [7, 11) is -8.18. The van der Waals surface area contributed by atoms with Gasteiger partial charge in [-0.15, -0.1) is 0 Å². The largest absolute Gasteiger partial charge is 0.281 e. The second kappa shape index (κ2) is 8.33. The summed E-state index contributed by atoms with van der Waals surface area (Å²) in [5.41, 5.74) is -0.211. The maximum absolute atomic E-state index is 11.9. The van der Waals surface area contributed by atoms with Gasteiger partial charge in [-0.1, -0.05) is 69.8 Å². The van der Waals surface area contributed by atoms with E-state index in [1.54, 1.807) is 0 Å². The van der Waals surface area contributed by atoms with Crippen LogP contribution in [0.5, 0.6) is 0 Å². The van der Waals surface area contributed by atoms with Gasteiger partial charge in [-0.2, -0.15) is 0 Å². The van der Waals surface area contributed by atoms with Gasteiger partial charge in [0.1, 0.15) is 4.90 Å². The third-order valence-electron chi connectivity index (χ3n) is 2.92. The molecule has 0 aliphatic heterocycles. The van der Waals surface area contributed by atoms with Crippen molar-refractivity contribution in [3.63, 3.8) is 0 Å². The summed E-state index contributed by atoms with van der Waals surface area (Å²) < 4.78 is 49.4. The Hall–Kier alpha value is -0.100. The van der Waals surface area contributed by atoms with Gasteiger partial charge in [-0.3, -0.25) is 4.72 Å². The topological polar surface area (TPSA) is 106 Å². The first-order chi connectivity index (χ1) is 12.2. The van der Waals surface area contributed by atoms with Gasteiger partial charge in [-0.05, 0) is 18.2 Å². The number of hydrogen-bond acceptors (Lipinski definition) is 5. The minimum absolute atomic E-state index is 0.0512. The molecule has 0 aliphatic rings. The van der Waals surface area contributed by atoms with Crippen LogP contribution in [-0.4, -0.2) is 23.1 Å². The molecule has 2 rings (SSSR count).